The van der Waals surface area contributed by atoms with E-state index in [0.29, 0.717) is 25.8 Å². The number of carbonyl (C=O) groups is 8. The van der Waals surface area contributed by atoms with Crippen LogP contribution in [0.2, 0.25) is 0 Å². The fourth-order valence-corrected chi connectivity index (χ4v) is 6.53. The van der Waals surface area contributed by atoms with Crippen molar-refractivity contribution in [3.05, 3.63) is 0 Å². The van der Waals surface area contributed by atoms with Gasteiger partial charge in [0, 0.05) is 44.8 Å². The van der Waals surface area contributed by atoms with Crippen LogP contribution in [0.5, 0.6) is 0 Å². The number of hydrogen-bond acceptors (Lipinski definition) is 11. The molecule has 0 aromatic rings. The van der Waals surface area contributed by atoms with Crippen LogP contribution in [0.4, 0.5) is 0 Å². The van der Waals surface area contributed by atoms with Crippen molar-refractivity contribution in [3.63, 3.8) is 0 Å². The molecule has 5 amide bonds. The molecule has 56 heavy (non-hydrogen) atoms. The molecule has 2 atom stereocenters. The maximum Gasteiger partial charge on any atom is 0.326 e. The first kappa shape index (κ1) is 50.3. The van der Waals surface area contributed by atoms with Crippen molar-refractivity contribution in [1.82, 2.24) is 26.6 Å². The Balaban J connectivity index is 2.13. The fourth-order valence-electron chi connectivity index (χ4n) is 5.95. The molecule has 0 heterocycles. The summed E-state index contributed by atoms with van der Waals surface area (Å²) in [4.78, 5) is 95.2. The third-order valence-electron chi connectivity index (χ3n) is 9.33. The minimum Gasteiger partial charge on any atom is -0.481 e. The van der Waals surface area contributed by atoms with Gasteiger partial charge in [-0.05, 0) is 57.8 Å². The molecule has 0 aromatic carbocycles. The lowest BCUT2D eigenvalue weighted by atomic mass is 9.81. The Hall–Kier alpha value is -3.68. The number of amides is 5. The average Bonchev–Trinajstić information content (AvgIpc) is 3.15. The van der Waals surface area contributed by atoms with Crippen LogP contribution < -0.4 is 32.3 Å². The molecule has 320 valence electrons. The van der Waals surface area contributed by atoms with Crippen LogP contribution in [0.1, 0.15) is 110 Å². The van der Waals surface area contributed by atoms with Gasteiger partial charge >= 0.3 is 11.9 Å². The SMILES string of the molecule is CC(N)(NC(=O)COCCNC(=O)COCCNC(=O)CC[C@H](NC(=O)C1CCC(CNC(=O)CCCCCCCCCCC(=O)O)CC1)C(=O)O)C(=O)CBr. The van der Waals surface area contributed by atoms with E-state index in [1.165, 1.54) is 6.92 Å². The predicted octanol–water partition coefficient (Wildman–Crippen LogP) is 1.26. The van der Waals surface area contributed by atoms with Gasteiger partial charge in [-0.2, -0.15) is 0 Å². The number of hydrogen-bond donors (Lipinski definition) is 8. The zero-order valence-corrected chi connectivity index (χ0v) is 34.2. The second-order valence-electron chi connectivity index (χ2n) is 14.3. The number of carbonyl (C=O) groups excluding carboxylic acids is 6. The van der Waals surface area contributed by atoms with Gasteiger partial charge in [0.15, 0.2) is 5.78 Å². The minimum atomic E-state index is -1.53. The third-order valence-corrected chi connectivity index (χ3v) is 9.84. The smallest absolute Gasteiger partial charge is 0.326 e. The Kier molecular flexibility index (Phi) is 26.6. The van der Waals surface area contributed by atoms with E-state index < -0.39 is 47.1 Å². The van der Waals surface area contributed by atoms with E-state index in [1.54, 1.807) is 0 Å². The summed E-state index contributed by atoms with van der Waals surface area (Å²) in [6.07, 6.45) is 10.8. The van der Waals surface area contributed by atoms with Gasteiger partial charge in [-0.15, -0.1) is 0 Å². The summed E-state index contributed by atoms with van der Waals surface area (Å²) in [7, 11) is 0. The van der Waals surface area contributed by atoms with Gasteiger partial charge < -0.3 is 52.0 Å². The number of carboxylic acid groups (broad SMARTS) is 2. The van der Waals surface area contributed by atoms with E-state index in [0.717, 1.165) is 64.2 Å². The number of unbranched alkanes of at least 4 members (excludes halogenated alkanes) is 7. The van der Waals surface area contributed by atoms with Crippen molar-refractivity contribution in [2.24, 2.45) is 17.6 Å². The monoisotopic (exact) mass is 862 g/mol. The number of rotatable bonds is 32. The van der Waals surface area contributed by atoms with E-state index in [4.69, 9.17) is 20.3 Å². The number of halogens is 1. The summed E-state index contributed by atoms with van der Waals surface area (Å²) < 4.78 is 10.4. The molecule has 1 aliphatic carbocycles. The molecule has 0 aromatic heterocycles. The zero-order chi connectivity index (χ0) is 41.8. The Morgan fingerprint density at radius 1 is 0.714 bits per heavy atom. The molecule has 1 fully saturated rings. The second-order valence-corrected chi connectivity index (χ2v) is 14.9. The molecule has 1 saturated carbocycles. The minimum absolute atomic E-state index is 0.0173. The molecule has 0 spiro atoms. The lowest BCUT2D eigenvalue weighted by Gasteiger charge is -2.28. The van der Waals surface area contributed by atoms with Crippen molar-refractivity contribution in [2.45, 2.75) is 121 Å². The van der Waals surface area contributed by atoms with E-state index in [2.05, 4.69) is 42.5 Å². The number of nitrogens with one attached hydrogen (secondary N) is 5. The Labute approximate surface area is 337 Å². The van der Waals surface area contributed by atoms with Crippen molar-refractivity contribution in [3.8, 4) is 0 Å². The Bertz CT molecular complexity index is 1260. The highest BCUT2D eigenvalue weighted by Gasteiger charge is 2.30. The first-order chi connectivity index (χ1) is 26.6. The summed E-state index contributed by atoms with van der Waals surface area (Å²) in [6.45, 7) is 1.48. The first-order valence-corrected chi connectivity index (χ1v) is 20.7. The van der Waals surface area contributed by atoms with Crippen LogP contribution in [-0.2, 0) is 47.8 Å². The lowest BCUT2D eigenvalue weighted by Crippen LogP contribution is -2.60. The highest BCUT2D eigenvalue weighted by Crippen LogP contribution is 2.29. The topological polar surface area (TPSA) is 282 Å². The molecule has 18 nitrogen and oxygen atoms in total. The summed E-state index contributed by atoms with van der Waals surface area (Å²) in [5.74, 6) is -4.30. The van der Waals surface area contributed by atoms with E-state index in [1.807, 2.05) is 0 Å². The van der Waals surface area contributed by atoms with Gasteiger partial charge in [0.25, 0.3) is 0 Å². The van der Waals surface area contributed by atoms with Crippen LogP contribution in [-0.4, -0.2) is 121 Å². The number of carboxylic acids is 2. The second kappa shape index (κ2) is 29.5. The van der Waals surface area contributed by atoms with E-state index >= 15 is 0 Å². The molecule has 0 aliphatic heterocycles. The maximum absolute atomic E-state index is 12.9. The summed E-state index contributed by atoms with van der Waals surface area (Å²) >= 11 is 2.99. The van der Waals surface area contributed by atoms with Gasteiger partial charge in [-0.1, -0.05) is 54.5 Å². The largest absolute Gasteiger partial charge is 0.481 e. The third kappa shape index (κ3) is 24.8. The average molecular weight is 864 g/mol. The van der Waals surface area contributed by atoms with Gasteiger partial charge in [-0.25, -0.2) is 4.79 Å². The molecular formula is C37H63BrN6O12. The predicted molar refractivity (Wildman–Crippen MR) is 208 cm³/mol. The van der Waals surface area contributed by atoms with Crippen LogP contribution in [0, 0.1) is 11.8 Å². The zero-order valence-electron chi connectivity index (χ0n) is 32.6. The van der Waals surface area contributed by atoms with Crippen molar-refractivity contribution < 1.29 is 58.0 Å². The highest BCUT2D eigenvalue weighted by atomic mass is 79.9. The summed E-state index contributed by atoms with van der Waals surface area (Å²) in [6, 6.07) is -1.23. The standard InChI is InChI=1S/C37H63BrN6O12/c1-37(39,29(45)22-38)44-33(49)25-56-21-19-41-32(48)24-55-20-18-40-31(47)17-16-28(36(53)54)43-35(52)27-14-12-26(13-15-27)23-42-30(46)10-8-6-4-2-3-5-7-9-11-34(50)51/h26-28H,2-25,39H2,1H3,(H,40,47)(H,41,48)(H,42,46)(H,43,52)(H,44,49)(H,50,51)(H,53,54)/t26?,27?,28-,37?/m0/s1. The number of Topliss-reactive ketones (excluding diaryl/α,β-unsaturated/α-hetero) is 1. The van der Waals surface area contributed by atoms with Crippen LogP contribution >= 0.6 is 15.9 Å². The number of alkyl halides is 1. The Morgan fingerprint density at radius 2 is 1.23 bits per heavy atom. The number of ketones is 1. The molecule has 0 saturated heterocycles. The van der Waals surface area contributed by atoms with Gasteiger partial charge in [-0.3, -0.25) is 33.6 Å². The summed E-state index contributed by atoms with van der Waals surface area (Å²) in [5.41, 5.74) is 4.20. The van der Waals surface area contributed by atoms with Gasteiger partial charge in [0.05, 0.1) is 18.5 Å². The molecule has 1 unspecified atom stereocenters. The lowest BCUT2D eigenvalue weighted by molar-refractivity contribution is -0.143. The number of nitrogens with two attached hydrogens (primary N) is 1. The van der Waals surface area contributed by atoms with Crippen molar-refractivity contribution in [1.29, 1.82) is 0 Å². The molecule has 9 N–H and O–H groups in total. The van der Waals surface area contributed by atoms with E-state index in [-0.39, 0.29) is 87.8 Å². The number of ether oxygens (including phenoxy) is 2. The number of aliphatic carboxylic acids is 2. The molecular weight excluding hydrogens is 800 g/mol. The first-order valence-electron chi connectivity index (χ1n) is 19.5. The van der Waals surface area contributed by atoms with Gasteiger partial charge in [0.1, 0.15) is 24.9 Å². The normalized spacial score (nSPS) is 16.8. The maximum atomic E-state index is 12.9. The molecule has 19 heteroatoms. The summed E-state index contributed by atoms with van der Waals surface area (Å²) in [5, 5.41) is 31.3. The van der Waals surface area contributed by atoms with Gasteiger partial charge in [0.2, 0.25) is 29.5 Å². The highest BCUT2D eigenvalue weighted by molar-refractivity contribution is 9.09. The molecule has 1 rings (SSSR count). The molecule has 1 aliphatic rings. The van der Waals surface area contributed by atoms with Crippen molar-refractivity contribution >= 4 is 63.2 Å². The quantitative estimate of drug-likeness (QED) is 0.0269. The van der Waals surface area contributed by atoms with Crippen LogP contribution in [0.15, 0.2) is 0 Å². The molecule has 0 bridgehead atoms. The fraction of sp³-hybridized carbons (Fsp3) is 0.784. The van der Waals surface area contributed by atoms with Crippen molar-refractivity contribution in [2.75, 3.05) is 51.4 Å². The molecule has 0 radical (unpaired) electrons. The van der Waals surface area contributed by atoms with Crippen LogP contribution in [0.3, 0.4) is 0 Å². The van der Waals surface area contributed by atoms with E-state index in [9.17, 15) is 43.5 Å². The Morgan fingerprint density at radius 3 is 1.79 bits per heavy atom. The van der Waals surface area contributed by atoms with Crippen LogP contribution in [0.25, 0.3) is 0 Å².